The Labute approximate surface area is 138 Å². The van der Waals surface area contributed by atoms with Gasteiger partial charge in [-0.2, -0.15) is 0 Å². The Morgan fingerprint density at radius 1 is 1.13 bits per heavy atom. The van der Waals surface area contributed by atoms with E-state index in [4.69, 9.17) is 0 Å². The Morgan fingerprint density at radius 3 is 2.30 bits per heavy atom. The molecular formula is C19H27NO3. The summed E-state index contributed by atoms with van der Waals surface area (Å²) >= 11 is 0. The summed E-state index contributed by atoms with van der Waals surface area (Å²) < 4.78 is 4.67. The predicted molar refractivity (Wildman–Crippen MR) is 90.4 cm³/mol. The maximum absolute atomic E-state index is 12.5. The lowest BCUT2D eigenvalue weighted by molar-refractivity contribution is 0.0600. The number of nitrogens with one attached hydrogen (secondary N) is 1. The molecule has 0 bridgehead atoms. The van der Waals surface area contributed by atoms with Gasteiger partial charge in [0.25, 0.3) is 5.91 Å². The van der Waals surface area contributed by atoms with Crippen molar-refractivity contribution >= 4 is 11.9 Å². The van der Waals surface area contributed by atoms with Crippen molar-refractivity contribution < 1.29 is 14.3 Å². The molecule has 0 spiro atoms. The van der Waals surface area contributed by atoms with Crippen LogP contribution in [0.3, 0.4) is 0 Å². The molecule has 1 aromatic carbocycles. The average Bonchev–Trinajstić information content (AvgIpc) is 2.54. The number of ether oxygens (including phenoxy) is 1. The number of rotatable bonds is 4. The quantitative estimate of drug-likeness (QED) is 0.862. The van der Waals surface area contributed by atoms with Crippen LogP contribution in [0.25, 0.3) is 0 Å². The van der Waals surface area contributed by atoms with E-state index in [-0.39, 0.29) is 11.9 Å². The number of methoxy groups -OCH3 is 1. The van der Waals surface area contributed by atoms with Crippen molar-refractivity contribution in [2.45, 2.75) is 46.1 Å². The van der Waals surface area contributed by atoms with Gasteiger partial charge in [0.2, 0.25) is 0 Å². The number of esters is 1. The molecule has 0 unspecified atom stereocenters. The summed E-state index contributed by atoms with van der Waals surface area (Å²) in [5, 5.41) is 3.20. The molecule has 4 heteroatoms. The molecule has 2 rings (SSSR count). The number of benzene rings is 1. The summed E-state index contributed by atoms with van der Waals surface area (Å²) in [5.74, 6) is 1.29. The highest BCUT2D eigenvalue weighted by atomic mass is 16.5. The molecule has 126 valence electrons. The second-order valence-corrected chi connectivity index (χ2v) is 6.97. The van der Waals surface area contributed by atoms with Crippen molar-refractivity contribution in [2.75, 3.05) is 7.11 Å². The van der Waals surface area contributed by atoms with Crippen LogP contribution in [0.1, 0.15) is 60.7 Å². The minimum absolute atomic E-state index is 0.0637. The van der Waals surface area contributed by atoms with Crippen LogP contribution in [0.15, 0.2) is 24.3 Å². The Bertz CT molecular complexity index is 550. The molecule has 1 amide bonds. The summed E-state index contributed by atoms with van der Waals surface area (Å²) in [7, 11) is 1.35. The van der Waals surface area contributed by atoms with Crippen LogP contribution < -0.4 is 5.32 Å². The Hall–Kier alpha value is -1.84. The summed E-state index contributed by atoms with van der Waals surface area (Å²) in [4.78, 5) is 24.0. The molecule has 1 saturated carbocycles. The molecule has 0 aliphatic heterocycles. The van der Waals surface area contributed by atoms with E-state index in [0.717, 1.165) is 6.42 Å². The van der Waals surface area contributed by atoms with Gasteiger partial charge in [-0.1, -0.05) is 27.2 Å². The van der Waals surface area contributed by atoms with Crippen LogP contribution in [0.4, 0.5) is 0 Å². The third-order valence-corrected chi connectivity index (χ3v) is 4.91. The zero-order valence-electron chi connectivity index (χ0n) is 14.5. The number of carbonyl (C=O) groups excluding carboxylic acids is 2. The van der Waals surface area contributed by atoms with Crippen molar-refractivity contribution in [3.8, 4) is 0 Å². The molecule has 3 atom stereocenters. The van der Waals surface area contributed by atoms with Crippen molar-refractivity contribution in [3.05, 3.63) is 35.4 Å². The minimum Gasteiger partial charge on any atom is -0.465 e. The predicted octanol–water partition coefficient (Wildman–Crippen LogP) is 3.66. The van der Waals surface area contributed by atoms with Crippen molar-refractivity contribution in [1.82, 2.24) is 5.32 Å². The van der Waals surface area contributed by atoms with E-state index < -0.39 is 5.97 Å². The van der Waals surface area contributed by atoms with E-state index >= 15 is 0 Å². The van der Waals surface area contributed by atoms with E-state index in [2.05, 4.69) is 30.8 Å². The molecular weight excluding hydrogens is 290 g/mol. The molecule has 0 aromatic heterocycles. The fraction of sp³-hybridized carbons (Fsp3) is 0.579. The van der Waals surface area contributed by atoms with Crippen LogP contribution in [0.5, 0.6) is 0 Å². The summed E-state index contributed by atoms with van der Waals surface area (Å²) in [5.41, 5.74) is 1.04. The van der Waals surface area contributed by atoms with Gasteiger partial charge in [-0.3, -0.25) is 4.79 Å². The zero-order valence-corrected chi connectivity index (χ0v) is 14.5. The summed E-state index contributed by atoms with van der Waals surface area (Å²) in [6.07, 6.45) is 3.45. The molecule has 1 fully saturated rings. The van der Waals surface area contributed by atoms with Gasteiger partial charge < -0.3 is 10.1 Å². The first kappa shape index (κ1) is 17.5. The third kappa shape index (κ3) is 4.34. The Morgan fingerprint density at radius 2 is 1.74 bits per heavy atom. The van der Waals surface area contributed by atoms with E-state index in [1.807, 2.05) is 0 Å². The van der Waals surface area contributed by atoms with E-state index in [0.29, 0.717) is 28.9 Å². The summed E-state index contributed by atoms with van der Waals surface area (Å²) in [6, 6.07) is 6.84. The summed E-state index contributed by atoms with van der Waals surface area (Å²) in [6.45, 7) is 6.71. The lowest BCUT2D eigenvalue weighted by atomic mass is 9.74. The highest BCUT2D eigenvalue weighted by Gasteiger charge is 2.31. The second-order valence-electron chi connectivity index (χ2n) is 6.97. The van der Waals surface area contributed by atoms with Gasteiger partial charge in [0.1, 0.15) is 0 Å². The highest BCUT2D eigenvalue weighted by molar-refractivity contribution is 5.96. The van der Waals surface area contributed by atoms with Gasteiger partial charge in [-0.25, -0.2) is 4.79 Å². The first-order valence-electron chi connectivity index (χ1n) is 8.41. The molecule has 0 saturated heterocycles. The third-order valence-electron chi connectivity index (χ3n) is 4.91. The van der Waals surface area contributed by atoms with Gasteiger partial charge in [-0.15, -0.1) is 0 Å². The second kappa shape index (κ2) is 7.62. The normalized spacial score (nSPS) is 24.3. The van der Waals surface area contributed by atoms with Crippen LogP contribution in [0, 0.1) is 17.8 Å². The molecule has 1 aliphatic rings. The van der Waals surface area contributed by atoms with Crippen LogP contribution in [-0.4, -0.2) is 25.0 Å². The van der Waals surface area contributed by atoms with Gasteiger partial charge in [-0.05, 0) is 54.9 Å². The number of hydrogen-bond donors (Lipinski definition) is 1. The largest absolute Gasteiger partial charge is 0.465 e. The standard InChI is InChI=1S/C19H27NO3/c1-12(2)16-10-5-13(3)11-17(16)20-18(21)14-6-8-15(9-7-14)19(22)23-4/h6-9,12-13,16-17H,5,10-11H2,1-4H3,(H,20,21)/t13-,16+,17+/m0/s1. The SMILES string of the molecule is COC(=O)c1ccc(C(=O)N[C@@H]2C[C@@H](C)CC[C@@H]2C(C)C)cc1. The Balaban J connectivity index is 2.06. The van der Waals surface area contributed by atoms with Crippen molar-refractivity contribution in [1.29, 1.82) is 0 Å². The zero-order chi connectivity index (χ0) is 17.0. The van der Waals surface area contributed by atoms with E-state index in [1.165, 1.54) is 20.0 Å². The number of hydrogen-bond acceptors (Lipinski definition) is 3. The van der Waals surface area contributed by atoms with Gasteiger partial charge in [0.15, 0.2) is 0 Å². The number of carbonyl (C=O) groups is 2. The smallest absolute Gasteiger partial charge is 0.337 e. The van der Waals surface area contributed by atoms with Gasteiger partial charge in [0, 0.05) is 11.6 Å². The molecule has 1 aromatic rings. The van der Waals surface area contributed by atoms with Crippen molar-refractivity contribution in [3.63, 3.8) is 0 Å². The van der Waals surface area contributed by atoms with Gasteiger partial charge >= 0.3 is 5.97 Å². The van der Waals surface area contributed by atoms with Crippen LogP contribution >= 0.6 is 0 Å². The first-order valence-corrected chi connectivity index (χ1v) is 8.41. The van der Waals surface area contributed by atoms with E-state index in [9.17, 15) is 9.59 Å². The topological polar surface area (TPSA) is 55.4 Å². The van der Waals surface area contributed by atoms with Crippen LogP contribution in [0.2, 0.25) is 0 Å². The molecule has 4 nitrogen and oxygen atoms in total. The average molecular weight is 317 g/mol. The fourth-order valence-electron chi connectivity index (χ4n) is 3.50. The Kier molecular flexibility index (Phi) is 5.80. The lowest BCUT2D eigenvalue weighted by Gasteiger charge is -2.37. The minimum atomic E-state index is -0.391. The highest BCUT2D eigenvalue weighted by Crippen LogP contribution is 2.33. The van der Waals surface area contributed by atoms with Crippen molar-refractivity contribution in [2.24, 2.45) is 17.8 Å². The molecule has 0 heterocycles. The number of amides is 1. The molecule has 23 heavy (non-hydrogen) atoms. The van der Waals surface area contributed by atoms with E-state index in [1.54, 1.807) is 24.3 Å². The van der Waals surface area contributed by atoms with Crippen LogP contribution in [-0.2, 0) is 4.74 Å². The first-order chi connectivity index (χ1) is 10.9. The molecule has 1 N–H and O–H groups in total. The maximum atomic E-state index is 12.5. The fourth-order valence-corrected chi connectivity index (χ4v) is 3.50. The molecule has 0 radical (unpaired) electrons. The maximum Gasteiger partial charge on any atom is 0.337 e. The molecule has 1 aliphatic carbocycles. The van der Waals surface area contributed by atoms with Gasteiger partial charge in [0.05, 0.1) is 12.7 Å². The monoisotopic (exact) mass is 317 g/mol. The lowest BCUT2D eigenvalue weighted by Crippen LogP contribution is -2.45.